The summed E-state index contributed by atoms with van der Waals surface area (Å²) >= 11 is 0. The first-order chi connectivity index (χ1) is 23.7. The van der Waals surface area contributed by atoms with E-state index in [0.717, 1.165) is 61.4 Å². The van der Waals surface area contributed by atoms with Gasteiger partial charge in [0.15, 0.2) is 0 Å². The maximum Gasteiger partial charge on any atom is 0.136 e. The molecular weight excluding hydrogens is 585 g/mol. The molecule has 0 saturated carbocycles. The van der Waals surface area contributed by atoms with E-state index in [1.165, 1.54) is 27.4 Å². The number of rotatable bonds is 6. The van der Waals surface area contributed by atoms with Crippen LogP contribution in [0.2, 0.25) is 0 Å². The Morgan fingerprint density at radius 3 is 2.04 bits per heavy atom. The standard InChI is InChI=1S/C45H32N2O/c1-30-14-9-11-21-40(30)46(34-15-5-3-6-16-34)31(2)36-20-13-23-44-45(36)39-29-33(25-27-43(39)48-44)32-24-26-42-38(28-32)37-19-10-12-22-41(37)47(42)35-17-7-4-8-18-35/h3-29H,2H2,1H3. The van der Waals surface area contributed by atoms with E-state index in [1.807, 2.05) is 6.07 Å². The molecule has 0 N–H and O–H groups in total. The average Bonchev–Trinajstić information content (AvgIpc) is 3.68. The predicted octanol–water partition coefficient (Wildman–Crippen LogP) is 12.5. The van der Waals surface area contributed by atoms with Gasteiger partial charge in [-0.1, -0.05) is 104 Å². The fourth-order valence-electron chi connectivity index (χ4n) is 7.21. The molecule has 3 heteroatoms. The highest BCUT2D eigenvalue weighted by molar-refractivity contribution is 6.14. The van der Waals surface area contributed by atoms with Crippen LogP contribution in [-0.2, 0) is 0 Å². The summed E-state index contributed by atoms with van der Waals surface area (Å²) in [6.07, 6.45) is 0. The summed E-state index contributed by atoms with van der Waals surface area (Å²) in [5.74, 6) is 0. The van der Waals surface area contributed by atoms with Crippen LogP contribution in [0.3, 0.4) is 0 Å². The van der Waals surface area contributed by atoms with Crippen LogP contribution in [0.4, 0.5) is 11.4 Å². The lowest BCUT2D eigenvalue weighted by Gasteiger charge is -2.29. The van der Waals surface area contributed by atoms with Crippen LogP contribution in [0.15, 0.2) is 175 Å². The molecule has 0 saturated heterocycles. The zero-order chi connectivity index (χ0) is 32.2. The lowest BCUT2D eigenvalue weighted by molar-refractivity contribution is 0.669. The zero-order valence-electron chi connectivity index (χ0n) is 26.6. The van der Waals surface area contributed by atoms with Gasteiger partial charge in [-0.15, -0.1) is 0 Å². The second-order valence-corrected chi connectivity index (χ2v) is 12.3. The minimum Gasteiger partial charge on any atom is -0.456 e. The summed E-state index contributed by atoms with van der Waals surface area (Å²) in [6, 6.07) is 57.8. The Balaban J connectivity index is 1.21. The highest BCUT2D eigenvalue weighted by Crippen LogP contribution is 2.42. The lowest BCUT2D eigenvalue weighted by Crippen LogP contribution is -2.15. The van der Waals surface area contributed by atoms with Gasteiger partial charge in [0, 0.05) is 49.9 Å². The van der Waals surface area contributed by atoms with Gasteiger partial charge in [0.2, 0.25) is 0 Å². The molecule has 2 heterocycles. The topological polar surface area (TPSA) is 21.3 Å². The first-order valence-electron chi connectivity index (χ1n) is 16.3. The Morgan fingerprint density at radius 1 is 0.562 bits per heavy atom. The number of para-hydroxylation sites is 4. The molecule has 0 aliphatic carbocycles. The van der Waals surface area contributed by atoms with E-state index in [1.54, 1.807) is 0 Å². The fourth-order valence-corrected chi connectivity index (χ4v) is 7.21. The highest BCUT2D eigenvalue weighted by Gasteiger charge is 2.21. The summed E-state index contributed by atoms with van der Waals surface area (Å²) in [5.41, 5.74) is 12.8. The molecule has 0 aliphatic rings. The van der Waals surface area contributed by atoms with E-state index in [0.29, 0.717) is 0 Å². The maximum absolute atomic E-state index is 6.47. The molecule has 3 nitrogen and oxygen atoms in total. The Bertz CT molecular complexity index is 2640. The Morgan fingerprint density at radius 2 is 1.23 bits per heavy atom. The molecule has 9 aromatic rings. The van der Waals surface area contributed by atoms with Crippen LogP contribution in [0.25, 0.3) is 66.3 Å². The summed E-state index contributed by atoms with van der Waals surface area (Å²) < 4.78 is 8.82. The van der Waals surface area contributed by atoms with Crippen molar-refractivity contribution in [3.63, 3.8) is 0 Å². The number of hydrogen-bond acceptors (Lipinski definition) is 2. The number of nitrogens with zero attached hydrogens (tertiary/aromatic N) is 2. The first kappa shape index (κ1) is 27.9. The van der Waals surface area contributed by atoms with E-state index >= 15 is 0 Å². The van der Waals surface area contributed by atoms with Gasteiger partial charge in [-0.2, -0.15) is 0 Å². The molecule has 0 unspecified atom stereocenters. The molecular formula is C45H32N2O. The van der Waals surface area contributed by atoms with Crippen LogP contribution < -0.4 is 4.90 Å². The number of anilines is 2. The first-order valence-corrected chi connectivity index (χ1v) is 16.3. The quantitative estimate of drug-likeness (QED) is 0.185. The van der Waals surface area contributed by atoms with Crippen LogP contribution in [0.1, 0.15) is 11.1 Å². The average molecular weight is 617 g/mol. The molecule has 0 radical (unpaired) electrons. The second-order valence-electron chi connectivity index (χ2n) is 12.3. The number of fused-ring (bicyclic) bond motifs is 6. The third-order valence-corrected chi connectivity index (χ3v) is 9.47. The number of furan rings is 1. The predicted molar refractivity (Wildman–Crippen MR) is 202 cm³/mol. The number of benzene rings is 7. The monoisotopic (exact) mass is 616 g/mol. The summed E-state index contributed by atoms with van der Waals surface area (Å²) in [7, 11) is 0. The molecule has 0 amide bonds. The van der Waals surface area contributed by atoms with Gasteiger partial charge >= 0.3 is 0 Å². The second kappa shape index (κ2) is 11.2. The number of aromatic nitrogens is 1. The van der Waals surface area contributed by atoms with Crippen LogP contribution in [0, 0.1) is 6.92 Å². The molecule has 7 aromatic carbocycles. The van der Waals surface area contributed by atoms with Gasteiger partial charge in [0.25, 0.3) is 0 Å². The van der Waals surface area contributed by atoms with E-state index in [9.17, 15) is 0 Å². The molecule has 0 spiro atoms. The van der Waals surface area contributed by atoms with Crippen molar-refractivity contribution in [2.75, 3.05) is 4.90 Å². The van der Waals surface area contributed by atoms with Crippen molar-refractivity contribution in [1.29, 1.82) is 0 Å². The highest BCUT2D eigenvalue weighted by atomic mass is 16.3. The Kier molecular flexibility index (Phi) is 6.51. The number of aryl methyl sites for hydroxylation is 1. The molecule has 0 atom stereocenters. The normalized spacial score (nSPS) is 11.5. The van der Waals surface area contributed by atoms with Crippen molar-refractivity contribution >= 4 is 60.8 Å². The van der Waals surface area contributed by atoms with Gasteiger partial charge in [-0.3, -0.25) is 0 Å². The maximum atomic E-state index is 6.47. The van der Waals surface area contributed by atoms with E-state index < -0.39 is 0 Å². The van der Waals surface area contributed by atoms with E-state index in [-0.39, 0.29) is 0 Å². The van der Waals surface area contributed by atoms with Crippen molar-refractivity contribution in [2.45, 2.75) is 6.92 Å². The van der Waals surface area contributed by atoms with Crippen molar-refractivity contribution in [3.8, 4) is 16.8 Å². The van der Waals surface area contributed by atoms with E-state index in [4.69, 9.17) is 11.0 Å². The molecule has 228 valence electrons. The lowest BCUT2D eigenvalue weighted by atomic mass is 9.98. The SMILES string of the molecule is C=C(c1cccc2oc3ccc(-c4ccc5c(c4)c4ccccc4n5-c4ccccc4)cc3c12)N(c1ccccc1)c1ccccc1C. The Hall–Kier alpha value is -6.32. The van der Waals surface area contributed by atoms with Crippen LogP contribution in [-0.4, -0.2) is 4.57 Å². The molecule has 48 heavy (non-hydrogen) atoms. The fraction of sp³-hybridized carbons (Fsp3) is 0.0222. The molecule has 9 rings (SSSR count). The van der Waals surface area contributed by atoms with Gasteiger partial charge in [0.05, 0.1) is 11.0 Å². The largest absolute Gasteiger partial charge is 0.456 e. The van der Waals surface area contributed by atoms with E-state index in [2.05, 4.69) is 174 Å². The van der Waals surface area contributed by atoms with Crippen LogP contribution in [0.5, 0.6) is 0 Å². The minimum atomic E-state index is 0.847. The minimum absolute atomic E-state index is 0.847. The molecule has 0 bridgehead atoms. The zero-order valence-corrected chi connectivity index (χ0v) is 26.6. The van der Waals surface area contributed by atoms with Gasteiger partial charge in [0.1, 0.15) is 11.2 Å². The summed E-state index contributed by atoms with van der Waals surface area (Å²) in [4.78, 5) is 2.25. The number of hydrogen-bond donors (Lipinski definition) is 0. The van der Waals surface area contributed by atoms with Crippen molar-refractivity contribution in [3.05, 3.63) is 181 Å². The Labute approximate surface area is 279 Å². The third-order valence-electron chi connectivity index (χ3n) is 9.47. The molecule has 0 fully saturated rings. The van der Waals surface area contributed by atoms with Crippen molar-refractivity contribution in [1.82, 2.24) is 4.57 Å². The third kappa shape index (κ3) is 4.44. The molecule has 2 aromatic heterocycles. The van der Waals surface area contributed by atoms with Crippen molar-refractivity contribution < 1.29 is 4.42 Å². The van der Waals surface area contributed by atoms with Gasteiger partial charge in [-0.25, -0.2) is 0 Å². The van der Waals surface area contributed by atoms with Crippen LogP contribution >= 0.6 is 0 Å². The molecule has 0 aliphatic heterocycles. The van der Waals surface area contributed by atoms with Crippen molar-refractivity contribution in [2.24, 2.45) is 0 Å². The van der Waals surface area contributed by atoms with Gasteiger partial charge in [-0.05, 0) is 90.3 Å². The smallest absolute Gasteiger partial charge is 0.136 e. The summed E-state index contributed by atoms with van der Waals surface area (Å²) in [6.45, 7) is 6.85. The van der Waals surface area contributed by atoms with Gasteiger partial charge < -0.3 is 13.9 Å². The summed E-state index contributed by atoms with van der Waals surface area (Å²) in [5, 5.41) is 4.61.